The van der Waals surface area contributed by atoms with Gasteiger partial charge in [-0.15, -0.1) is 0 Å². The van der Waals surface area contributed by atoms with Crippen molar-refractivity contribution in [2.24, 2.45) is 0 Å². The van der Waals surface area contributed by atoms with Crippen LogP contribution in [-0.4, -0.2) is 10.9 Å². The Hall–Kier alpha value is -3.21. The number of carbonyl (C=O) groups excluding carboxylic acids is 1. The lowest BCUT2D eigenvalue weighted by molar-refractivity contribution is 0.102. The monoisotopic (exact) mass is 377 g/mol. The second-order valence-electron chi connectivity index (χ2n) is 6.77. The van der Waals surface area contributed by atoms with Crippen LogP contribution in [0.4, 0.5) is 15.9 Å². The zero-order chi connectivity index (χ0) is 19.9. The van der Waals surface area contributed by atoms with Crippen LogP contribution in [-0.2, 0) is 6.54 Å². The normalized spacial score (nSPS) is 11.7. The molecular weight excluding hydrogens is 353 g/mol. The number of halogens is 1. The maximum atomic E-state index is 13.0. The number of nitrogens with zero attached hydrogens (tertiary/aromatic N) is 1. The van der Waals surface area contributed by atoms with E-state index in [4.69, 9.17) is 0 Å². The lowest BCUT2D eigenvalue weighted by atomic mass is 9.98. The van der Waals surface area contributed by atoms with E-state index in [2.05, 4.69) is 29.5 Å². The van der Waals surface area contributed by atoms with Crippen molar-refractivity contribution in [2.75, 3.05) is 10.6 Å². The van der Waals surface area contributed by atoms with Gasteiger partial charge in [-0.1, -0.05) is 38.1 Å². The van der Waals surface area contributed by atoms with Crippen molar-refractivity contribution >= 4 is 17.4 Å². The van der Waals surface area contributed by atoms with E-state index in [9.17, 15) is 9.18 Å². The number of hydrogen-bond donors (Lipinski definition) is 2. The molecule has 0 fully saturated rings. The van der Waals surface area contributed by atoms with Gasteiger partial charge in [0.1, 0.15) is 11.6 Å². The Labute approximate surface area is 164 Å². The van der Waals surface area contributed by atoms with Crippen molar-refractivity contribution in [1.82, 2.24) is 4.98 Å². The number of hydrogen-bond acceptors (Lipinski definition) is 3. The first kappa shape index (κ1) is 19.5. The lowest BCUT2D eigenvalue weighted by Gasteiger charge is -2.13. The molecule has 1 aromatic heterocycles. The third kappa shape index (κ3) is 4.94. The highest BCUT2D eigenvalue weighted by atomic mass is 19.1. The smallest absolute Gasteiger partial charge is 0.259 e. The zero-order valence-corrected chi connectivity index (χ0v) is 16.1. The average molecular weight is 377 g/mol. The second kappa shape index (κ2) is 9.13. The Balaban J connectivity index is 1.69. The van der Waals surface area contributed by atoms with E-state index in [1.807, 2.05) is 24.3 Å². The van der Waals surface area contributed by atoms with E-state index in [-0.39, 0.29) is 11.7 Å². The standard InChI is InChI=1S/C23H24FN3O/c1-3-16(2)18-8-12-20(13-9-18)27-23(28)21-5-4-14-25-22(21)26-15-17-6-10-19(24)11-7-17/h4-14,16H,3,15H2,1-2H3,(H,25,26)(H,27,28). The third-order valence-electron chi connectivity index (χ3n) is 4.78. The molecule has 1 atom stereocenters. The molecule has 0 aliphatic rings. The van der Waals surface area contributed by atoms with Gasteiger partial charge in [0.15, 0.2) is 0 Å². The SMILES string of the molecule is CCC(C)c1ccc(NC(=O)c2cccnc2NCc2ccc(F)cc2)cc1. The summed E-state index contributed by atoms with van der Waals surface area (Å²) in [5, 5.41) is 6.07. The number of nitrogens with one attached hydrogen (secondary N) is 2. The molecule has 4 nitrogen and oxygen atoms in total. The van der Waals surface area contributed by atoms with Crippen LogP contribution < -0.4 is 10.6 Å². The fraction of sp³-hybridized carbons (Fsp3) is 0.217. The van der Waals surface area contributed by atoms with Crippen molar-refractivity contribution in [2.45, 2.75) is 32.7 Å². The molecule has 0 aliphatic carbocycles. The van der Waals surface area contributed by atoms with Crippen LogP contribution in [0.3, 0.4) is 0 Å². The van der Waals surface area contributed by atoms with Crippen molar-refractivity contribution in [3.8, 4) is 0 Å². The van der Waals surface area contributed by atoms with Crippen LogP contribution in [0.15, 0.2) is 66.9 Å². The summed E-state index contributed by atoms with van der Waals surface area (Å²) in [7, 11) is 0. The lowest BCUT2D eigenvalue weighted by Crippen LogP contribution is -2.15. The molecule has 1 heterocycles. The Kier molecular flexibility index (Phi) is 6.37. The first-order valence-corrected chi connectivity index (χ1v) is 9.41. The minimum Gasteiger partial charge on any atom is -0.365 e. The molecule has 0 spiro atoms. The van der Waals surface area contributed by atoms with Gasteiger partial charge in [0.25, 0.3) is 5.91 Å². The predicted octanol–water partition coefficient (Wildman–Crippen LogP) is 5.60. The molecular formula is C23H24FN3O. The molecule has 2 N–H and O–H groups in total. The second-order valence-corrected chi connectivity index (χ2v) is 6.77. The summed E-state index contributed by atoms with van der Waals surface area (Å²) >= 11 is 0. The molecule has 3 rings (SSSR count). The van der Waals surface area contributed by atoms with Gasteiger partial charge in [0.2, 0.25) is 0 Å². The van der Waals surface area contributed by atoms with Crippen LogP contribution in [0.25, 0.3) is 0 Å². The van der Waals surface area contributed by atoms with Gasteiger partial charge in [-0.05, 0) is 59.9 Å². The molecule has 2 aromatic carbocycles. The number of anilines is 2. The maximum absolute atomic E-state index is 13.0. The highest BCUT2D eigenvalue weighted by molar-refractivity contribution is 6.07. The van der Waals surface area contributed by atoms with Gasteiger partial charge < -0.3 is 10.6 Å². The minimum atomic E-state index is -0.277. The summed E-state index contributed by atoms with van der Waals surface area (Å²) in [5.74, 6) is 0.470. The van der Waals surface area contributed by atoms with Crippen LogP contribution >= 0.6 is 0 Å². The molecule has 28 heavy (non-hydrogen) atoms. The number of aromatic nitrogens is 1. The summed E-state index contributed by atoms with van der Waals surface area (Å²) in [6.45, 7) is 4.78. The molecule has 0 bridgehead atoms. The van der Waals surface area contributed by atoms with Crippen LogP contribution in [0.1, 0.15) is 47.7 Å². The zero-order valence-electron chi connectivity index (χ0n) is 16.1. The summed E-state index contributed by atoms with van der Waals surface area (Å²) in [5.41, 5.74) is 3.35. The number of benzene rings is 2. The van der Waals surface area contributed by atoms with E-state index < -0.39 is 0 Å². The highest BCUT2D eigenvalue weighted by Crippen LogP contribution is 2.21. The number of amides is 1. The summed E-state index contributed by atoms with van der Waals surface area (Å²) < 4.78 is 13.0. The van der Waals surface area contributed by atoms with Crippen LogP contribution in [0.2, 0.25) is 0 Å². The van der Waals surface area contributed by atoms with E-state index in [1.165, 1.54) is 17.7 Å². The van der Waals surface area contributed by atoms with Crippen molar-refractivity contribution < 1.29 is 9.18 Å². The molecule has 5 heteroatoms. The molecule has 0 saturated carbocycles. The third-order valence-corrected chi connectivity index (χ3v) is 4.78. The molecule has 0 radical (unpaired) electrons. The first-order chi connectivity index (χ1) is 13.6. The van der Waals surface area contributed by atoms with Crippen molar-refractivity contribution in [3.05, 3.63) is 89.4 Å². The summed E-state index contributed by atoms with van der Waals surface area (Å²) in [6.07, 6.45) is 2.70. The van der Waals surface area contributed by atoms with Gasteiger partial charge in [-0.3, -0.25) is 4.79 Å². The topological polar surface area (TPSA) is 54.0 Å². The predicted molar refractivity (Wildman–Crippen MR) is 111 cm³/mol. The van der Waals surface area contributed by atoms with E-state index in [1.54, 1.807) is 30.5 Å². The Morgan fingerprint density at radius 3 is 2.46 bits per heavy atom. The quantitative estimate of drug-likeness (QED) is 0.564. The van der Waals surface area contributed by atoms with Crippen LogP contribution in [0.5, 0.6) is 0 Å². The van der Waals surface area contributed by atoms with Gasteiger partial charge >= 0.3 is 0 Å². The summed E-state index contributed by atoms with van der Waals surface area (Å²) in [4.78, 5) is 17.0. The minimum absolute atomic E-state index is 0.231. The number of carbonyl (C=O) groups is 1. The Morgan fingerprint density at radius 2 is 1.79 bits per heavy atom. The molecule has 0 saturated heterocycles. The summed E-state index contributed by atoms with van der Waals surface area (Å²) in [6, 6.07) is 17.6. The fourth-order valence-electron chi connectivity index (χ4n) is 2.85. The average Bonchev–Trinajstić information content (AvgIpc) is 2.73. The van der Waals surface area contributed by atoms with Gasteiger partial charge in [0.05, 0.1) is 5.56 Å². The highest BCUT2D eigenvalue weighted by Gasteiger charge is 2.13. The van der Waals surface area contributed by atoms with Crippen molar-refractivity contribution in [1.29, 1.82) is 0 Å². The van der Waals surface area contributed by atoms with Crippen molar-refractivity contribution in [3.63, 3.8) is 0 Å². The van der Waals surface area contributed by atoms with E-state index in [0.29, 0.717) is 23.8 Å². The molecule has 1 amide bonds. The van der Waals surface area contributed by atoms with Gasteiger partial charge in [-0.2, -0.15) is 0 Å². The molecule has 3 aromatic rings. The maximum Gasteiger partial charge on any atom is 0.259 e. The Bertz CT molecular complexity index is 923. The van der Waals surface area contributed by atoms with E-state index >= 15 is 0 Å². The molecule has 0 aliphatic heterocycles. The number of rotatable bonds is 7. The van der Waals surface area contributed by atoms with Gasteiger partial charge in [-0.25, -0.2) is 9.37 Å². The van der Waals surface area contributed by atoms with Gasteiger partial charge in [0, 0.05) is 18.4 Å². The van der Waals surface area contributed by atoms with E-state index in [0.717, 1.165) is 17.7 Å². The van der Waals surface area contributed by atoms with Crippen LogP contribution in [0, 0.1) is 5.82 Å². The Morgan fingerprint density at radius 1 is 1.07 bits per heavy atom. The molecule has 144 valence electrons. The molecule has 1 unspecified atom stereocenters. The first-order valence-electron chi connectivity index (χ1n) is 9.41. The largest absolute Gasteiger partial charge is 0.365 e. The fourth-order valence-corrected chi connectivity index (χ4v) is 2.85. The number of pyridine rings is 1.